The van der Waals surface area contributed by atoms with Crippen LogP contribution in [0.3, 0.4) is 0 Å². The van der Waals surface area contributed by atoms with Crippen molar-refractivity contribution in [2.24, 2.45) is 5.90 Å². The fourth-order valence-corrected chi connectivity index (χ4v) is 0.686. The van der Waals surface area contributed by atoms with Crippen LogP contribution in [0.1, 0.15) is 18.7 Å². The van der Waals surface area contributed by atoms with E-state index in [2.05, 4.69) is 9.82 Å². The molecule has 0 radical (unpaired) electrons. The van der Waals surface area contributed by atoms with Crippen molar-refractivity contribution >= 4 is 0 Å². The first-order valence-corrected chi connectivity index (χ1v) is 3.11. The van der Waals surface area contributed by atoms with Gasteiger partial charge in [-0.25, -0.2) is 5.90 Å². The predicted octanol–water partition coefficient (Wildman–Crippen LogP) is 1.03. The molecule has 0 amide bonds. The van der Waals surface area contributed by atoms with Crippen molar-refractivity contribution in [2.75, 3.05) is 0 Å². The van der Waals surface area contributed by atoms with Gasteiger partial charge in [0.1, 0.15) is 6.10 Å². The molecule has 1 aromatic rings. The van der Waals surface area contributed by atoms with Crippen molar-refractivity contribution in [3.63, 3.8) is 0 Å². The summed E-state index contributed by atoms with van der Waals surface area (Å²) >= 11 is 0. The topological polar surface area (TPSA) is 48.1 Å². The average Bonchev–Trinajstić information content (AvgIpc) is 2.05. The van der Waals surface area contributed by atoms with Gasteiger partial charge in [-0.15, -0.1) is 0 Å². The van der Waals surface area contributed by atoms with Gasteiger partial charge >= 0.3 is 0 Å². The number of hydrogen-bond acceptors (Lipinski definition) is 3. The molecule has 0 unspecified atom stereocenters. The molecule has 54 valence electrons. The maximum Gasteiger partial charge on any atom is 0.118 e. The zero-order valence-electron chi connectivity index (χ0n) is 5.82. The first-order chi connectivity index (χ1) is 4.84. The van der Waals surface area contributed by atoms with Gasteiger partial charge in [-0.3, -0.25) is 9.82 Å². The largest absolute Gasteiger partial charge is 0.295 e. The predicted molar refractivity (Wildman–Crippen MR) is 37.9 cm³/mol. The van der Waals surface area contributed by atoms with Crippen molar-refractivity contribution in [2.45, 2.75) is 13.0 Å². The number of aromatic nitrogens is 1. The Morgan fingerprint density at radius 1 is 1.60 bits per heavy atom. The lowest BCUT2D eigenvalue weighted by atomic mass is 10.2. The SMILES string of the molecule is C[C@H](ON)c1ccccn1. The summed E-state index contributed by atoms with van der Waals surface area (Å²) in [6.45, 7) is 1.85. The van der Waals surface area contributed by atoms with Crippen LogP contribution in [0.25, 0.3) is 0 Å². The lowest BCUT2D eigenvalue weighted by molar-refractivity contribution is 0.0634. The van der Waals surface area contributed by atoms with E-state index >= 15 is 0 Å². The van der Waals surface area contributed by atoms with Crippen molar-refractivity contribution in [1.82, 2.24) is 4.98 Å². The van der Waals surface area contributed by atoms with Gasteiger partial charge in [-0.2, -0.15) is 0 Å². The number of nitrogens with zero attached hydrogens (tertiary/aromatic N) is 1. The standard InChI is InChI=1S/C7H10N2O/c1-6(10-8)7-4-2-3-5-9-7/h2-6H,8H2,1H3/t6-/m0/s1. The van der Waals surface area contributed by atoms with Crippen LogP contribution in [-0.4, -0.2) is 4.98 Å². The molecule has 0 aliphatic heterocycles. The molecule has 0 saturated carbocycles. The summed E-state index contributed by atoms with van der Waals surface area (Å²) in [5.74, 6) is 4.96. The van der Waals surface area contributed by atoms with Crippen LogP contribution in [0.4, 0.5) is 0 Å². The maximum absolute atomic E-state index is 4.96. The summed E-state index contributed by atoms with van der Waals surface area (Å²) in [6.07, 6.45) is 1.59. The third-order valence-electron chi connectivity index (χ3n) is 1.31. The second-order valence-electron chi connectivity index (χ2n) is 2.03. The Hall–Kier alpha value is -0.930. The average molecular weight is 138 g/mol. The highest BCUT2D eigenvalue weighted by Gasteiger charge is 2.02. The monoisotopic (exact) mass is 138 g/mol. The molecule has 0 bridgehead atoms. The molecule has 1 rings (SSSR count). The van der Waals surface area contributed by atoms with Gasteiger partial charge in [-0.05, 0) is 19.1 Å². The quantitative estimate of drug-likeness (QED) is 0.621. The lowest BCUT2D eigenvalue weighted by Gasteiger charge is -2.05. The first kappa shape index (κ1) is 7.18. The van der Waals surface area contributed by atoms with E-state index in [-0.39, 0.29) is 6.10 Å². The van der Waals surface area contributed by atoms with Crippen molar-refractivity contribution in [3.8, 4) is 0 Å². The summed E-state index contributed by atoms with van der Waals surface area (Å²) in [5.41, 5.74) is 0.852. The molecule has 0 aliphatic rings. The number of nitrogens with two attached hydrogens (primary N) is 1. The molecule has 3 heteroatoms. The number of hydrogen-bond donors (Lipinski definition) is 1. The molecule has 0 saturated heterocycles. The molecule has 0 aromatic carbocycles. The highest BCUT2D eigenvalue weighted by molar-refractivity contribution is 5.05. The Morgan fingerprint density at radius 3 is 2.90 bits per heavy atom. The summed E-state index contributed by atoms with van der Waals surface area (Å²) in [7, 11) is 0. The number of rotatable bonds is 2. The normalized spacial score (nSPS) is 13.0. The van der Waals surface area contributed by atoms with Gasteiger partial charge in [-0.1, -0.05) is 6.07 Å². The van der Waals surface area contributed by atoms with Gasteiger partial charge in [0.15, 0.2) is 0 Å². The molecule has 2 N–H and O–H groups in total. The van der Waals surface area contributed by atoms with E-state index in [0.29, 0.717) is 0 Å². The Labute approximate surface area is 59.8 Å². The minimum Gasteiger partial charge on any atom is -0.295 e. The second-order valence-corrected chi connectivity index (χ2v) is 2.03. The Kier molecular flexibility index (Phi) is 2.36. The van der Waals surface area contributed by atoms with Gasteiger partial charge < -0.3 is 0 Å². The van der Waals surface area contributed by atoms with E-state index < -0.39 is 0 Å². The lowest BCUT2D eigenvalue weighted by Crippen LogP contribution is -2.06. The van der Waals surface area contributed by atoms with Crippen LogP contribution in [0.5, 0.6) is 0 Å². The molecule has 1 heterocycles. The van der Waals surface area contributed by atoms with Gasteiger partial charge in [0, 0.05) is 6.20 Å². The molecular weight excluding hydrogens is 128 g/mol. The zero-order valence-corrected chi connectivity index (χ0v) is 5.82. The van der Waals surface area contributed by atoms with E-state index in [4.69, 9.17) is 5.90 Å². The highest BCUT2D eigenvalue weighted by atomic mass is 16.6. The number of pyridine rings is 1. The van der Waals surface area contributed by atoms with Crippen LogP contribution >= 0.6 is 0 Å². The molecule has 0 fully saturated rings. The minimum absolute atomic E-state index is 0.124. The Balaban J connectivity index is 2.75. The third-order valence-corrected chi connectivity index (χ3v) is 1.31. The minimum atomic E-state index is -0.124. The first-order valence-electron chi connectivity index (χ1n) is 3.11. The second kappa shape index (κ2) is 3.29. The van der Waals surface area contributed by atoms with E-state index in [9.17, 15) is 0 Å². The van der Waals surface area contributed by atoms with E-state index in [1.54, 1.807) is 6.20 Å². The molecule has 0 aliphatic carbocycles. The molecule has 0 spiro atoms. The highest BCUT2D eigenvalue weighted by Crippen LogP contribution is 2.09. The third kappa shape index (κ3) is 1.52. The van der Waals surface area contributed by atoms with E-state index in [0.717, 1.165) is 5.69 Å². The summed E-state index contributed by atoms with van der Waals surface area (Å²) in [6, 6.07) is 5.63. The van der Waals surface area contributed by atoms with Crippen molar-refractivity contribution in [3.05, 3.63) is 30.1 Å². The van der Waals surface area contributed by atoms with Crippen LogP contribution in [0, 0.1) is 0 Å². The van der Waals surface area contributed by atoms with Gasteiger partial charge in [0.25, 0.3) is 0 Å². The summed E-state index contributed by atoms with van der Waals surface area (Å²) in [4.78, 5) is 8.62. The van der Waals surface area contributed by atoms with Crippen molar-refractivity contribution < 1.29 is 4.84 Å². The van der Waals surface area contributed by atoms with Crippen LogP contribution in [-0.2, 0) is 4.84 Å². The smallest absolute Gasteiger partial charge is 0.118 e. The van der Waals surface area contributed by atoms with E-state index in [1.807, 2.05) is 25.1 Å². The molecular formula is C7H10N2O. The molecule has 10 heavy (non-hydrogen) atoms. The Bertz CT molecular complexity index is 188. The molecule has 3 nitrogen and oxygen atoms in total. The molecule has 1 aromatic heterocycles. The fourth-order valence-electron chi connectivity index (χ4n) is 0.686. The fraction of sp³-hybridized carbons (Fsp3) is 0.286. The summed E-state index contributed by atoms with van der Waals surface area (Å²) in [5, 5.41) is 0. The van der Waals surface area contributed by atoms with Crippen LogP contribution in [0.2, 0.25) is 0 Å². The van der Waals surface area contributed by atoms with Crippen molar-refractivity contribution in [1.29, 1.82) is 0 Å². The zero-order chi connectivity index (χ0) is 7.40. The Morgan fingerprint density at radius 2 is 2.40 bits per heavy atom. The molecule has 1 atom stereocenters. The van der Waals surface area contributed by atoms with Gasteiger partial charge in [0.2, 0.25) is 0 Å². The summed E-state index contributed by atoms with van der Waals surface area (Å²) < 4.78 is 0. The van der Waals surface area contributed by atoms with Crippen LogP contribution < -0.4 is 5.90 Å². The van der Waals surface area contributed by atoms with Gasteiger partial charge in [0.05, 0.1) is 5.69 Å². The van der Waals surface area contributed by atoms with E-state index in [1.165, 1.54) is 0 Å². The van der Waals surface area contributed by atoms with Crippen LogP contribution in [0.15, 0.2) is 24.4 Å². The maximum atomic E-state index is 4.96.